The maximum absolute atomic E-state index is 13.0. The van der Waals surface area contributed by atoms with Gasteiger partial charge in [-0.05, 0) is 61.9 Å². The van der Waals surface area contributed by atoms with Crippen LogP contribution in [0.5, 0.6) is 11.5 Å². The normalized spacial score (nSPS) is 10.9. The number of aryl methyl sites for hydroxylation is 1. The molecule has 0 spiro atoms. The van der Waals surface area contributed by atoms with Crippen LogP contribution in [0.25, 0.3) is 22.5 Å². The molecule has 3 aromatic carbocycles. The molecule has 0 unspecified atom stereocenters. The summed E-state index contributed by atoms with van der Waals surface area (Å²) in [5.41, 5.74) is 6.13. The van der Waals surface area contributed by atoms with E-state index in [2.05, 4.69) is 6.92 Å². The van der Waals surface area contributed by atoms with E-state index in [1.807, 2.05) is 55.5 Å². The van der Waals surface area contributed by atoms with Crippen molar-refractivity contribution in [2.24, 2.45) is 0 Å². The molecular weight excluding hydrogens is 388 g/mol. The molecular formula is C26H24N2O3. The minimum absolute atomic E-state index is 0.0255. The van der Waals surface area contributed by atoms with Gasteiger partial charge in [-0.2, -0.15) is 5.10 Å². The van der Waals surface area contributed by atoms with Crippen molar-refractivity contribution in [1.29, 1.82) is 0 Å². The van der Waals surface area contributed by atoms with Crippen molar-refractivity contribution in [3.05, 3.63) is 89.5 Å². The van der Waals surface area contributed by atoms with Crippen LogP contribution in [0.15, 0.2) is 72.8 Å². The molecule has 4 rings (SSSR count). The molecule has 5 heteroatoms. The third-order valence-electron chi connectivity index (χ3n) is 5.35. The van der Waals surface area contributed by atoms with Gasteiger partial charge < -0.3 is 10.2 Å². The van der Waals surface area contributed by atoms with Crippen LogP contribution in [0.2, 0.25) is 0 Å². The molecule has 156 valence electrons. The summed E-state index contributed by atoms with van der Waals surface area (Å²) in [6, 6.07) is 21.4. The Hall–Kier alpha value is -3.86. The number of nitrogens with zero attached hydrogens (tertiary/aromatic N) is 2. The van der Waals surface area contributed by atoms with E-state index in [0.717, 1.165) is 33.6 Å². The van der Waals surface area contributed by atoms with Gasteiger partial charge in [0.15, 0.2) is 5.78 Å². The first-order valence-corrected chi connectivity index (χ1v) is 10.2. The lowest BCUT2D eigenvalue weighted by Crippen LogP contribution is -2.13. The Labute approximate surface area is 181 Å². The van der Waals surface area contributed by atoms with E-state index in [1.54, 1.807) is 28.9 Å². The van der Waals surface area contributed by atoms with Crippen molar-refractivity contribution >= 4 is 5.78 Å². The van der Waals surface area contributed by atoms with Gasteiger partial charge in [-0.25, -0.2) is 0 Å². The van der Waals surface area contributed by atoms with Gasteiger partial charge in [-0.1, -0.05) is 36.8 Å². The number of Topliss-reactive ketones (excluding diaryl/α,β-unsaturated/α-hetero) is 1. The molecule has 0 radical (unpaired) electrons. The number of phenols is 2. The van der Waals surface area contributed by atoms with Gasteiger partial charge in [0, 0.05) is 22.3 Å². The molecule has 0 saturated carbocycles. The van der Waals surface area contributed by atoms with E-state index in [1.165, 1.54) is 0 Å². The van der Waals surface area contributed by atoms with Crippen LogP contribution >= 0.6 is 0 Å². The van der Waals surface area contributed by atoms with E-state index in [9.17, 15) is 15.0 Å². The number of hydrogen-bond donors (Lipinski definition) is 2. The number of aromatic nitrogens is 2. The van der Waals surface area contributed by atoms with Crippen LogP contribution in [-0.4, -0.2) is 25.8 Å². The second kappa shape index (κ2) is 8.48. The number of rotatable bonds is 6. The lowest BCUT2D eigenvalue weighted by atomic mass is 9.99. The van der Waals surface area contributed by atoms with Gasteiger partial charge in [0.1, 0.15) is 18.0 Å². The van der Waals surface area contributed by atoms with E-state index in [4.69, 9.17) is 5.10 Å². The lowest BCUT2D eigenvalue weighted by Gasteiger charge is -2.10. The number of carbonyl (C=O) groups is 1. The quantitative estimate of drug-likeness (QED) is 0.417. The Balaban J connectivity index is 1.83. The first-order chi connectivity index (χ1) is 15.0. The molecule has 0 aliphatic rings. The first kappa shape index (κ1) is 20.4. The Bertz CT molecular complexity index is 1210. The zero-order chi connectivity index (χ0) is 22.0. The topological polar surface area (TPSA) is 75.4 Å². The highest BCUT2D eigenvalue weighted by Gasteiger charge is 2.21. The number of hydrogen-bond acceptors (Lipinski definition) is 4. The van der Waals surface area contributed by atoms with Gasteiger partial charge in [-0.15, -0.1) is 0 Å². The van der Waals surface area contributed by atoms with Gasteiger partial charge in [-0.3, -0.25) is 9.48 Å². The number of ketones is 1. The molecule has 0 aliphatic heterocycles. The molecule has 0 aliphatic carbocycles. The Kier molecular flexibility index (Phi) is 5.58. The lowest BCUT2D eigenvalue weighted by molar-refractivity contribution is 0.0968. The third kappa shape index (κ3) is 4.21. The average Bonchev–Trinajstić information content (AvgIpc) is 3.13. The predicted molar refractivity (Wildman–Crippen MR) is 121 cm³/mol. The summed E-state index contributed by atoms with van der Waals surface area (Å²) >= 11 is 0. The van der Waals surface area contributed by atoms with Crippen molar-refractivity contribution in [2.75, 3.05) is 0 Å². The molecule has 1 heterocycles. The fourth-order valence-corrected chi connectivity index (χ4v) is 3.71. The second-order valence-electron chi connectivity index (χ2n) is 7.57. The van der Waals surface area contributed by atoms with Crippen molar-refractivity contribution in [1.82, 2.24) is 9.78 Å². The Morgan fingerprint density at radius 3 is 1.94 bits per heavy atom. The number of benzene rings is 3. The molecule has 31 heavy (non-hydrogen) atoms. The molecule has 0 fully saturated rings. The molecule has 0 saturated heterocycles. The smallest absolute Gasteiger partial charge is 0.184 e. The Morgan fingerprint density at radius 2 is 1.39 bits per heavy atom. The summed E-state index contributed by atoms with van der Waals surface area (Å²) in [6.45, 7) is 4.14. The highest BCUT2D eigenvalue weighted by Crippen LogP contribution is 2.34. The third-order valence-corrected chi connectivity index (χ3v) is 5.35. The minimum atomic E-state index is -0.0255. The zero-order valence-corrected chi connectivity index (χ0v) is 17.5. The van der Waals surface area contributed by atoms with Crippen molar-refractivity contribution in [2.45, 2.75) is 26.8 Å². The molecule has 4 aromatic rings. The van der Waals surface area contributed by atoms with Crippen LogP contribution in [0.1, 0.15) is 28.4 Å². The summed E-state index contributed by atoms with van der Waals surface area (Å²) < 4.78 is 1.75. The van der Waals surface area contributed by atoms with E-state index < -0.39 is 0 Å². The molecule has 0 atom stereocenters. The van der Waals surface area contributed by atoms with Crippen molar-refractivity contribution in [3.63, 3.8) is 0 Å². The van der Waals surface area contributed by atoms with E-state index in [0.29, 0.717) is 12.0 Å². The minimum Gasteiger partial charge on any atom is -0.508 e. The summed E-state index contributed by atoms with van der Waals surface area (Å²) in [4.78, 5) is 13.0. The number of phenolic OH excluding ortho intramolecular Hbond substituents is 2. The number of carbonyl (C=O) groups excluding carboxylic acids is 1. The number of aromatic hydroxyl groups is 2. The van der Waals surface area contributed by atoms with Gasteiger partial charge in [0.05, 0.1) is 11.4 Å². The monoisotopic (exact) mass is 412 g/mol. The fourth-order valence-electron chi connectivity index (χ4n) is 3.71. The standard InChI is InChI=1S/C26H24N2O3/c1-3-23-25(19-8-12-21(29)13-9-19)27-28(26(23)20-10-14-22(30)15-11-20)16-24(31)18-6-4-17(2)5-7-18/h4-15,29-30H,3,16H2,1-2H3. The first-order valence-electron chi connectivity index (χ1n) is 10.2. The maximum atomic E-state index is 13.0. The van der Waals surface area contributed by atoms with Gasteiger partial charge in [0.2, 0.25) is 0 Å². The van der Waals surface area contributed by atoms with Crippen LogP contribution in [0.3, 0.4) is 0 Å². The van der Waals surface area contributed by atoms with Crippen molar-refractivity contribution in [3.8, 4) is 34.0 Å². The van der Waals surface area contributed by atoms with Crippen molar-refractivity contribution < 1.29 is 15.0 Å². The molecule has 0 bridgehead atoms. The maximum Gasteiger partial charge on any atom is 0.184 e. The fraction of sp³-hybridized carbons (Fsp3) is 0.154. The van der Waals surface area contributed by atoms with Crippen LogP contribution in [-0.2, 0) is 13.0 Å². The van der Waals surface area contributed by atoms with Crippen LogP contribution < -0.4 is 0 Å². The summed E-state index contributed by atoms with van der Waals surface area (Å²) in [6.07, 6.45) is 0.713. The predicted octanol–water partition coefficient (Wildman–Crippen LogP) is 5.38. The average molecular weight is 412 g/mol. The van der Waals surface area contributed by atoms with E-state index in [-0.39, 0.29) is 23.8 Å². The van der Waals surface area contributed by atoms with Gasteiger partial charge in [0.25, 0.3) is 0 Å². The van der Waals surface area contributed by atoms with Crippen LogP contribution in [0.4, 0.5) is 0 Å². The molecule has 0 amide bonds. The SMILES string of the molecule is CCc1c(-c2ccc(O)cc2)nn(CC(=O)c2ccc(C)cc2)c1-c1ccc(O)cc1. The van der Waals surface area contributed by atoms with E-state index >= 15 is 0 Å². The van der Waals surface area contributed by atoms with Crippen LogP contribution in [0, 0.1) is 6.92 Å². The second-order valence-corrected chi connectivity index (χ2v) is 7.57. The highest BCUT2D eigenvalue weighted by molar-refractivity contribution is 5.96. The largest absolute Gasteiger partial charge is 0.508 e. The van der Waals surface area contributed by atoms with Gasteiger partial charge >= 0.3 is 0 Å². The summed E-state index contributed by atoms with van der Waals surface area (Å²) in [7, 11) is 0. The summed E-state index contributed by atoms with van der Waals surface area (Å²) in [5.74, 6) is 0.347. The summed E-state index contributed by atoms with van der Waals surface area (Å²) in [5, 5.41) is 24.2. The Morgan fingerprint density at radius 1 is 0.839 bits per heavy atom. The zero-order valence-electron chi connectivity index (χ0n) is 17.5. The molecule has 5 nitrogen and oxygen atoms in total. The molecule has 2 N–H and O–H groups in total. The molecule has 1 aromatic heterocycles. The highest BCUT2D eigenvalue weighted by atomic mass is 16.3.